The maximum atomic E-state index is 13.7. The highest BCUT2D eigenvalue weighted by molar-refractivity contribution is 7.92. The first-order valence-electron chi connectivity index (χ1n) is 12.2. The van der Waals surface area contributed by atoms with Crippen LogP contribution in [0.15, 0.2) is 54.6 Å². The van der Waals surface area contributed by atoms with Gasteiger partial charge in [0.15, 0.2) is 0 Å². The molecule has 0 aliphatic carbocycles. The molecule has 0 heterocycles. The van der Waals surface area contributed by atoms with Crippen LogP contribution in [-0.4, -0.2) is 50.0 Å². The van der Waals surface area contributed by atoms with Gasteiger partial charge in [-0.2, -0.15) is 0 Å². The molecule has 192 valence electrons. The number of carbonyl (C=O) groups excluding carboxylic acids is 2. The van der Waals surface area contributed by atoms with Crippen molar-refractivity contribution in [3.63, 3.8) is 0 Å². The molecule has 0 radical (unpaired) electrons. The van der Waals surface area contributed by atoms with Crippen LogP contribution in [0.1, 0.15) is 64.5 Å². The van der Waals surface area contributed by atoms with Gasteiger partial charge < -0.3 is 10.2 Å². The molecule has 0 unspecified atom stereocenters. The Morgan fingerprint density at radius 1 is 0.914 bits per heavy atom. The lowest BCUT2D eigenvalue weighted by atomic mass is 10.0. The SMILES string of the molecule is CC[C@H](C(=O)N[C@@H](C)CC)N(Cc1ccccc1)C(=O)CN(c1ccc(C(C)C)cc1)S(C)(=O)=O. The first kappa shape index (κ1) is 28.4. The molecule has 2 amide bonds. The monoisotopic (exact) mass is 501 g/mol. The lowest BCUT2D eigenvalue weighted by Crippen LogP contribution is -2.53. The van der Waals surface area contributed by atoms with Crippen LogP contribution < -0.4 is 9.62 Å². The second-order valence-electron chi connectivity index (χ2n) is 9.27. The molecule has 0 aliphatic rings. The van der Waals surface area contributed by atoms with E-state index in [2.05, 4.69) is 19.2 Å². The van der Waals surface area contributed by atoms with Crippen molar-refractivity contribution in [2.24, 2.45) is 0 Å². The van der Waals surface area contributed by atoms with Gasteiger partial charge in [-0.25, -0.2) is 8.42 Å². The average Bonchev–Trinajstić information content (AvgIpc) is 2.82. The summed E-state index contributed by atoms with van der Waals surface area (Å²) in [5.41, 5.74) is 2.36. The van der Waals surface area contributed by atoms with Gasteiger partial charge in [0.1, 0.15) is 12.6 Å². The predicted molar refractivity (Wildman–Crippen MR) is 142 cm³/mol. The Morgan fingerprint density at radius 2 is 1.51 bits per heavy atom. The van der Waals surface area contributed by atoms with Gasteiger partial charge in [0.2, 0.25) is 21.8 Å². The van der Waals surface area contributed by atoms with Crippen molar-refractivity contribution in [2.45, 2.75) is 72.0 Å². The fraction of sp³-hybridized carbons (Fsp3) is 0.481. The summed E-state index contributed by atoms with van der Waals surface area (Å²) < 4.78 is 26.5. The van der Waals surface area contributed by atoms with Crippen molar-refractivity contribution >= 4 is 27.5 Å². The van der Waals surface area contributed by atoms with Crippen LogP contribution in [0.2, 0.25) is 0 Å². The normalized spacial score (nSPS) is 13.2. The van der Waals surface area contributed by atoms with Crippen molar-refractivity contribution in [3.8, 4) is 0 Å². The van der Waals surface area contributed by atoms with E-state index in [0.29, 0.717) is 18.0 Å². The third kappa shape index (κ3) is 8.09. The van der Waals surface area contributed by atoms with Crippen LogP contribution >= 0.6 is 0 Å². The molecule has 1 N–H and O–H groups in total. The van der Waals surface area contributed by atoms with E-state index in [1.54, 1.807) is 12.1 Å². The highest BCUT2D eigenvalue weighted by Gasteiger charge is 2.32. The highest BCUT2D eigenvalue weighted by Crippen LogP contribution is 2.23. The summed E-state index contributed by atoms with van der Waals surface area (Å²) in [4.78, 5) is 28.2. The second-order valence-corrected chi connectivity index (χ2v) is 11.2. The van der Waals surface area contributed by atoms with Crippen LogP contribution in [-0.2, 0) is 26.2 Å². The Balaban J connectivity index is 2.40. The predicted octanol–water partition coefficient (Wildman–Crippen LogP) is 4.30. The number of carbonyl (C=O) groups is 2. The van der Waals surface area contributed by atoms with E-state index in [0.717, 1.165) is 28.1 Å². The molecule has 2 aromatic carbocycles. The van der Waals surface area contributed by atoms with Gasteiger partial charge in [-0.05, 0) is 48.9 Å². The fourth-order valence-electron chi connectivity index (χ4n) is 3.78. The Kier molecular flexibility index (Phi) is 10.3. The minimum Gasteiger partial charge on any atom is -0.352 e. The topological polar surface area (TPSA) is 86.8 Å². The standard InChI is InChI=1S/C27H39N3O4S/c1-7-21(5)28-27(32)25(8-2)29(18-22-12-10-9-11-13-22)26(31)19-30(35(6,33)34)24-16-14-23(15-17-24)20(3)4/h9-17,20-21,25H,7-8,18-19H2,1-6H3,(H,28,32)/t21-,25+/m0/s1. The zero-order valence-corrected chi connectivity index (χ0v) is 22.5. The number of hydrogen-bond donors (Lipinski definition) is 1. The Morgan fingerprint density at radius 3 is 2.00 bits per heavy atom. The zero-order valence-electron chi connectivity index (χ0n) is 21.7. The lowest BCUT2D eigenvalue weighted by Gasteiger charge is -2.33. The van der Waals surface area contributed by atoms with Gasteiger partial charge in [0.25, 0.3) is 0 Å². The molecule has 0 saturated carbocycles. The maximum absolute atomic E-state index is 13.7. The molecular formula is C27H39N3O4S. The smallest absolute Gasteiger partial charge is 0.244 e. The summed E-state index contributed by atoms with van der Waals surface area (Å²) >= 11 is 0. The van der Waals surface area contributed by atoms with Crippen molar-refractivity contribution in [3.05, 3.63) is 65.7 Å². The molecule has 35 heavy (non-hydrogen) atoms. The van der Waals surface area contributed by atoms with E-state index >= 15 is 0 Å². The van der Waals surface area contributed by atoms with Gasteiger partial charge in [-0.15, -0.1) is 0 Å². The number of amides is 2. The van der Waals surface area contributed by atoms with Crippen molar-refractivity contribution in [1.82, 2.24) is 10.2 Å². The first-order valence-corrected chi connectivity index (χ1v) is 14.0. The summed E-state index contributed by atoms with van der Waals surface area (Å²) in [6, 6.07) is 15.8. The Bertz CT molecular complexity index is 1070. The quantitative estimate of drug-likeness (QED) is 0.470. The molecule has 0 fully saturated rings. The number of hydrogen-bond acceptors (Lipinski definition) is 4. The van der Waals surface area contributed by atoms with Gasteiger partial charge in [-0.1, -0.05) is 70.2 Å². The minimum absolute atomic E-state index is 0.0304. The molecule has 7 nitrogen and oxygen atoms in total. The van der Waals surface area contributed by atoms with Crippen LogP contribution in [0.25, 0.3) is 0 Å². The summed E-state index contributed by atoms with van der Waals surface area (Å²) in [5.74, 6) is -0.371. The van der Waals surface area contributed by atoms with Crippen LogP contribution in [0.4, 0.5) is 5.69 Å². The summed E-state index contributed by atoms with van der Waals surface area (Å²) in [5, 5.41) is 2.97. The highest BCUT2D eigenvalue weighted by atomic mass is 32.2. The molecule has 2 aromatic rings. The van der Waals surface area contributed by atoms with Crippen molar-refractivity contribution in [1.29, 1.82) is 0 Å². The number of sulfonamides is 1. The van der Waals surface area contributed by atoms with Gasteiger partial charge >= 0.3 is 0 Å². The molecule has 0 aliphatic heterocycles. The second kappa shape index (κ2) is 12.7. The molecule has 0 aromatic heterocycles. The van der Waals surface area contributed by atoms with E-state index in [1.165, 1.54) is 4.90 Å². The van der Waals surface area contributed by atoms with E-state index in [9.17, 15) is 18.0 Å². The molecule has 2 rings (SSSR count). The van der Waals surface area contributed by atoms with E-state index < -0.39 is 22.0 Å². The van der Waals surface area contributed by atoms with Gasteiger partial charge in [0.05, 0.1) is 11.9 Å². The summed E-state index contributed by atoms with van der Waals surface area (Å²) in [6.07, 6.45) is 2.26. The average molecular weight is 502 g/mol. The molecule has 8 heteroatoms. The van der Waals surface area contributed by atoms with E-state index in [1.807, 2.05) is 63.2 Å². The number of anilines is 1. The number of nitrogens with one attached hydrogen (secondary N) is 1. The van der Waals surface area contributed by atoms with Gasteiger partial charge in [0, 0.05) is 12.6 Å². The van der Waals surface area contributed by atoms with E-state index in [-0.39, 0.29) is 25.0 Å². The van der Waals surface area contributed by atoms with Crippen LogP contribution in [0, 0.1) is 0 Å². The number of rotatable bonds is 12. The summed E-state index contributed by atoms with van der Waals surface area (Å²) in [7, 11) is -3.74. The maximum Gasteiger partial charge on any atom is 0.244 e. The Labute approximate surface area is 210 Å². The largest absolute Gasteiger partial charge is 0.352 e. The van der Waals surface area contributed by atoms with Crippen molar-refractivity contribution < 1.29 is 18.0 Å². The third-order valence-electron chi connectivity index (χ3n) is 6.11. The lowest BCUT2D eigenvalue weighted by molar-refractivity contribution is -0.140. The van der Waals surface area contributed by atoms with Crippen LogP contribution in [0.3, 0.4) is 0 Å². The Hall–Kier alpha value is -2.87. The molecular weight excluding hydrogens is 462 g/mol. The molecule has 0 spiro atoms. The van der Waals surface area contributed by atoms with E-state index in [4.69, 9.17) is 0 Å². The fourth-order valence-corrected chi connectivity index (χ4v) is 4.63. The third-order valence-corrected chi connectivity index (χ3v) is 7.25. The minimum atomic E-state index is -3.74. The van der Waals surface area contributed by atoms with Crippen molar-refractivity contribution in [2.75, 3.05) is 17.1 Å². The van der Waals surface area contributed by atoms with Crippen LogP contribution in [0.5, 0.6) is 0 Å². The molecule has 0 bridgehead atoms. The van der Waals surface area contributed by atoms with Gasteiger partial charge in [-0.3, -0.25) is 13.9 Å². The molecule has 2 atom stereocenters. The number of nitrogens with zero attached hydrogens (tertiary/aromatic N) is 2. The first-order chi connectivity index (χ1) is 16.5. The zero-order chi connectivity index (χ0) is 26.2. The molecule has 0 saturated heterocycles. The summed E-state index contributed by atoms with van der Waals surface area (Å²) in [6.45, 7) is 9.68. The number of benzene rings is 2.